The zero-order valence-electron chi connectivity index (χ0n) is 21.2. The Hall–Kier alpha value is -3.13. The molecule has 190 valence electrons. The molecule has 2 aliphatic rings. The van der Waals surface area contributed by atoms with Gasteiger partial charge in [0, 0.05) is 37.8 Å². The number of hydrogen-bond donors (Lipinski definition) is 2. The Morgan fingerprint density at radius 2 is 1.64 bits per heavy atom. The lowest BCUT2D eigenvalue weighted by Crippen LogP contribution is -2.40. The van der Waals surface area contributed by atoms with Gasteiger partial charge in [0.1, 0.15) is 23.2 Å². The first-order chi connectivity index (χ1) is 17.5. The van der Waals surface area contributed by atoms with Gasteiger partial charge in [0.15, 0.2) is 5.11 Å². The van der Waals surface area contributed by atoms with Gasteiger partial charge in [-0.15, -0.1) is 0 Å². The zero-order valence-corrected chi connectivity index (χ0v) is 22.1. The summed E-state index contributed by atoms with van der Waals surface area (Å²) in [6, 6.07) is 16.2. The van der Waals surface area contributed by atoms with Gasteiger partial charge < -0.3 is 24.9 Å². The summed E-state index contributed by atoms with van der Waals surface area (Å²) >= 11 is 5.60. The molecule has 0 saturated carbocycles. The largest absolute Gasteiger partial charge is 0.459 e. The van der Waals surface area contributed by atoms with E-state index in [0.717, 1.165) is 54.9 Å². The molecule has 8 heteroatoms. The van der Waals surface area contributed by atoms with Crippen molar-refractivity contribution in [1.29, 1.82) is 0 Å². The normalized spacial score (nSPS) is 20.3. The van der Waals surface area contributed by atoms with Gasteiger partial charge in [-0.25, -0.2) is 0 Å². The number of anilines is 3. The number of thiocarbonyl (C=S) groups is 1. The predicted octanol–water partition coefficient (Wildman–Crippen LogP) is 5.70. The van der Waals surface area contributed by atoms with E-state index in [-0.39, 0.29) is 0 Å². The molecule has 0 spiro atoms. The molecular formula is C28H36N6OS. The van der Waals surface area contributed by atoms with Gasteiger partial charge in [-0.1, -0.05) is 44.2 Å². The molecule has 0 unspecified atom stereocenters. The van der Waals surface area contributed by atoms with E-state index in [4.69, 9.17) is 26.6 Å². The van der Waals surface area contributed by atoms with E-state index in [1.54, 1.807) is 0 Å². The highest BCUT2D eigenvalue weighted by atomic mass is 32.1. The van der Waals surface area contributed by atoms with Crippen molar-refractivity contribution >= 4 is 34.9 Å². The van der Waals surface area contributed by atoms with Gasteiger partial charge >= 0.3 is 0 Å². The molecule has 2 saturated heterocycles. The van der Waals surface area contributed by atoms with Crippen LogP contribution in [0, 0.1) is 11.8 Å². The van der Waals surface area contributed by atoms with Crippen LogP contribution >= 0.6 is 12.2 Å². The van der Waals surface area contributed by atoms with Crippen LogP contribution in [0.2, 0.25) is 0 Å². The number of nitrogens with one attached hydrogen (secondary N) is 2. The fraction of sp³-hybridized carbons (Fsp3) is 0.464. The second kappa shape index (κ2) is 11.3. The maximum atomic E-state index is 5.99. The number of benzene rings is 1. The highest BCUT2D eigenvalue weighted by molar-refractivity contribution is 7.80. The quantitative estimate of drug-likeness (QED) is 0.415. The first kappa shape index (κ1) is 24.6. The van der Waals surface area contributed by atoms with Gasteiger partial charge in [0.25, 0.3) is 0 Å². The summed E-state index contributed by atoms with van der Waals surface area (Å²) < 4.78 is 5.99. The number of nitrogens with zero attached hydrogens (tertiary/aromatic N) is 4. The van der Waals surface area contributed by atoms with Crippen LogP contribution in [-0.4, -0.2) is 41.3 Å². The van der Waals surface area contributed by atoms with E-state index < -0.39 is 0 Å². The average molecular weight is 505 g/mol. The van der Waals surface area contributed by atoms with Crippen molar-refractivity contribution in [2.24, 2.45) is 11.8 Å². The summed E-state index contributed by atoms with van der Waals surface area (Å²) in [4.78, 5) is 14.5. The van der Waals surface area contributed by atoms with Crippen molar-refractivity contribution in [3.8, 4) is 11.3 Å². The molecule has 4 heterocycles. The fourth-order valence-corrected chi connectivity index (χ4v) is 5.48. The number of rotatable bonds is 6. The lowest BCUT2D eigenvalue weighted by atomic mass is 9.92. The second-order valence-electron chi connectivity index (χ2n) is 10.2. The molecule has 2 fully saturated rings. The summed E-state index contributed by atoms with van der Waals surface area (Å²) in [6.45, 7) is 9.24. The molecule has 0 amide bonds. The van der Waals surface area contributed by atoms with Crippen LogP contribution in [0.25, 0.3) is 11.3 Å². The van der Waals surface area contributed by atoms with Gasteiger partial charge in [0.2, 0.25) is 5.95 Å². The molecule has 2 aromatic heterocycles. The minimum atomic E-state index is 0.481. The predicted molar refractivity (Wildman–Crippen MR) is 150 cm³/mol. The third kappa shape index (κ3) is 6.16. The molecule has 3 aromatic rings. The summed E-state index contributed by atoms with van der Waals surface area (Å²) in [6.07, 6.45) is 4.95. The SMILES string of the molecule is C[C@@H]1C[C@@H](C)CN(c2cc(N3CCCCC3)nc(NC(=S)NCc3ccc(-c4ccccc4)o3)n2)C1. The van der Waals surface area contributed by atoms with E-state index >= 15 is 0 Å². The molecule has 36 heavy (non-hydrogen) atoms. The number of hydrogen-bond acceptors (Lipinski definition) is 6. The molecule has 7 nitrogen and oxygen atoms in total. The molecule has 0 bridgehead atoms. The van der Waals surface area contributed by atoms with E-state index in [9.17, 15) is 0 Å². The van der Waals surface area contributed by atoms with E-state index in [1.165, 1.54) is 25.7 Å². The van der Waals surface area contributed by atoms with Crippen LogP contribution in [0.15, 0.2) is 52.9 Å². The van der Waals surface area contributed by atoms with Crippen molar-refractivity contribution in [1.82, 2.24) is 15.3 Å². The molecule has 0 aliphatic carbocycles. The van der Waals surface area contributed by atoms with Gasteiger partial charge in [-0.3, -0.25) is 0 Å². The third-order valence-electron chi connectivity index (χ3n) is 6.94. The molecular weight excluding hydrogens is 468 g/mol. The molecule has 2 aliphatic heterocycles. The van der Waals surface area contributed by atoms with Crippen molar-refractivity contribution < 1.29 is 4.42 Å². The Balaban J connectivity index is 1.28. The monoisotopic (exact) mass is 504 g/mol. The maximum Gasteiger partial charge on any atom is 0.232 e. The first-order valence-electron chi connectivity index (χ1n) is 13.1. The van der Waals surface area contributed by atoms with Crippen LogP contribution in [-0.2, 0) is 6.54 Å². The van der Waals surface area contributed by atoms with Crippen molar-refractivity contribution in [2.75, 3.05) is 41.3 Å². The van der Waals surface area contributed by atoms with E-state index in [2.05, 4.69) is 40.3 Å². The Labute approximate surface area is 219 Å². The Morgan fingerprint density at radius 3 is 2.36 bits per heavy atom. The number of aromatic nitrogens is 2. The van der Waals surface area contributed by atoms with E-state index in [1.807, 2.05) is 42.5 Å². The van der Waals surface area contributed by atoms with Gasteiger partial charge in [-0.05, 0) is 61.9 Å². The summed E-state index contributed by atoms with van der Waals surface area (Å²) in [5, 5.41) is 6.96. The lowest BCUT2D eigenvalue weighted by Gasteiger charge is -2.36. The van der Waals surface area contributed by atoms with Crippen molar-refractivity contribution in [3.05, 3.63) is 54.3 Å². The average Bonchev–Trinajstić information content (AvgIpc) is 3.37. The summed E-state index contributed by atoms with van der Waals surface area (Å²) in [7, 11) is 0. The van der Waals surface area contributed by atoms with Crippen LogP contribution in [0.3, 0.4) is 0 Å². The number of piperidine rings is 2. The second-order valence-corrected chi connectivity index (χ2v) is 10.7. The maximum absolute atomic E-state index is 5.99. The fourth-order valence-electron chi connectivity index (χ4n) is 5.32. The molecule has 2 N–H and O–H groups in total. The minimum absolute atomic E-state index is 0.481. The van der Waals surface area contributed by atoms with Crippen molar-refractivity contribution in [3.63, 3.8) is 0 Å². The lowest BCUT2D eigenvalue weighted by molar-refractivity contribution is 0.355. The molecule has 1 aromatic carbocycles. The summed E-state index contributed by atoms with van der Waals surface area (Å²) in [5.41, 5.74) is 1.06. The third-order valence-corrected chi connectivity index (χ3v) is 7.19. The van der Waals surface area contributed by atoms with Gasteiger partial charge in [-0.2, -0.15) is 9.97 Å². The Morgan fingerprint density at radius 1 is 0.944 bits per heavy atom. The Bertz CT molecular complexity index is 1150. The topological polar surface area (TPSA) is 69.5 Å². The van der Waals surface area contributed by atoms with E-state index in [0.29, 0.717) is 29.4 Å². The highest BCUT2D eigenvalue weighted by Gasteiger charge is 2.25. The zero-order chi connectivity index (χ0) is 24.9. The molecule has 2 atom stereocenters. The van der Waals surface area contributed by atoms with Crippen molar-refractivity contribution in [2.45, 2.75) is 46.1 Å². The Kier molecular flexibility index (Phi) is 7.70. The van der Waals surface area contributed by atoms with Crippen LogP contribution in [0.4, 0.5) is 17.6 Å². The van der Waals surface area contributed by atoms with Gasteiger partial charge in [0.05, 0.1) is 6.54 Å². The number of furan rings is 1. The standard InChI is InChI=1S/C28H36N6OS/c1-20-15-21(2)19-34(18-20)26-16-25(33-13-7-4-8-14-33)30-27(31-26)32-28(36)29-17-23-11-12-24(35-23)22-9-5-3-6-10-22/h3,5-6,9-12,16,20-21H,4,7-8,13-15,17-19H2,1-2H3,(H2,29,30,31,32,36)/t20-,21-/m1/s1. The highest BCUT2D eigenvalue weighted by Crippen LogP contribution is 2.29. The summed E-state index contributed by atoms with van der Waals surface area (Å²) in [5.74, 6) is 5.46. The smallest absolute Gasteiger partial charge is 0.232 e. The van der Waals surface area contributed by atoms with Crippen LogP contribution < -0.4 is 20.4 Å². The molecule has 0 radical (unpaired) electrons. The minimum Gasteiger partial charge on any atom is -0.459 e. The van der Waals surface area contributed by atoms with Crippen LogP contribution in [0.1, 0.15) is 45.3 Å². The first-order valence-corrected chi connectivity index (χ1v) is 13.5. The van der Waals surface area contributed by atoms with Crippen LogP contribution in [0.5, 0.6) is 0 Å². The molecule has 5 rings (SSSR count).